The molecule has 6 heteroatoms. The Morgan fingerprint density at radius 3 is 2.81 bits per heavy atom. The number of aromatic nitrogens is 4. The van der Waals surface area contributed by atoms with Crippen molar-refractivity contribution in [2.75, 3.05) is 5.32 Å². The van der Waals surface area contributed by atoms with E-state index in [4.69, 9.17) is 0 Å². The molecule has 1 aromatic carbocycles. The lowest BCUT2D eigenvalue weighted by atomic mass is 10.1. The smallest absolute Gasteiger partial charge is 0.155 e. The molecular weight excluding hydrogens is 330 g/mol. The highest BCUT2D eigenvalue weighted by molar-refractivity contribution is 9.10. The first-order valence-electron chi connectivity index (χ1n) is 6.52. The zero-order chi connectivity index (χ0) is 14.7. The van der Waals surface area contributed by atoms with Crippen LogP contribution in [0.2, 0.25) is 0 Å². The second-order valence-electron chi connectivity index (χ2n) is 4.68. The molecule has 5 nitrogen and oxygen atoms in total. The van der Waals surface area contributed by atoms with E-state index in [9.17, 15) is 0 Å². The summed E-state index contributed by atoms with van der Waals surface area (Å²) in [4.78, 5) is 8.26. The maximum absolute atomic E-state index is 4.36. The van der Waals surface area contributed by atoms with Gasteiger partial charge in [0.05, 0.1) is 11.9 Å². The Bertz CT molecular complexity index is 722. The van der Waals surface area contributed by atoms with Gasteiger partial charge in [-0.1, -0.05) is 28.1 Å². The van der Waals surface area contributed by atoms with Gasteiger partial charge >= 0.3 is 0 Å². The molecular formula is C15H14BrN5. The minimum Gasteiger partial charge on any atom is -0.380 e. The molecule has 0 unspecified atom stereocenters. The van der Waals surface area contributed by atoms with Crippen molar-refractivity contribution in [1.82, 2.24) is 19.7 Å². The van der Waals surface area contributed by atoms with Crippen molar-refractivity contribution in [3.63, 3.8) is 0 Å². The summed E-state index contributed by atoms with van der Waals surface area (Å²) in [5.74, 6) is 0.748. The molecule has 21 heavy (non-hydrogen) atoms. The van der Waals surface area contributed by atoms with Crippen LogP contribution in [-0.2, 0) is 6.54 Å². The summed E-state index contributed by atoms with van der Waals surface area (Å²) in [6.07, 6.45) is 4.91. The third-order valence-corrected chi connectivity index (χ3v) is 4.01. The lowest BCUT2D eigenvalue weighted by Gasteiger charge is -2.08. The average molecular weight is 344 g/mol. The van der Waals surface area contributed by atoms with Crippen LogP contribution < -0.4 is 5.32 Å². The molecule has 0 spiro atoms. The molecule has 0 aliphatic heterocycles. The number of aryl methyl sites for hydroxylation is 1. The standard InChI is InChI=1S/C15H14BrN5/c1-11-6-12(2-4-14(11)16)7-18-13-3-5-15(19-8-13)21-10-17-9-20-21/h2-6,8-10,18H,7H2,1H3. The predicted octanol–water partition coefficient (Wildman–Crippen LogP) is 3.35. The molecule has 0 saturated carbocycles. The maximum atomic E-state index is 4.36. The van der Waals surface area contributed by atoms with Gasteiger partial charge in [0.25, 0.3) is 0 Å². The number of anilines is 1. The van der Waals surface area contributed by atoms with E-state index in [1.54, 1.807) is 17.2 Å². The van der Waals surface area contributed by atoms with Gasteiger partial charge in [-0.25, -0.2) is 14.6 Å². The van der Waals surface area contributed by atoms with Crippen molar-refractivity contribution in [2.24, 2.45) is 0 Å². The number of benzene rings is 1. The summed E-state index contributed by atoms with van der Waals surface area (Å²) < 4.78 is 2.76. The van der Waals surface area contributed by atoms with Crippen LogP contribution in [0.15, 0.2) is 53.7 Å². The average Bonchev–Trinajstić information content (AvgIpc) is 3.03. The van der Waals surface area contributed by atoms with Crippen molar-refractivity contribution in [3.05, 3.63) is 64.8 Å². The normalized spacial score (nSPS) is 10.6. The first kappa shape index (κ1) is 13.8. The number of pyridine rings is 1. The molecule has 0 atom stereocenters. The Morgan fingerprint density at radius 2 is 2.14 bits per heavy atom. The van der Waals surface area contributed by atoms with Gasteiger partial charge in [-0.2, -0.15) is 5.10 Å². The summed E-state index contributed by atoms with van der Waals surface area (Å²) in [7, 11) is 0. The Balaban J connectivity index is 1.66. The Kier molecular flexibility index (Phi) is 3.96. The van der Waals surface area contributed by atoms with E-state index < -0.39 is 0 Å². The first-order chi connectivity index (χ1) is 10.2. The van der Waals surface area contributed by atoms with Crippen LogP contribution in [0.25, 0.3) is 5.82 Å². The van der Waals surface area contributed by atoms with E-state index in [-0.39, 0.29) is 0 Å². The summed E-state index contributed by atoms with van der Waals surface area (Å²) in [6, 6.07) is 10.2. The second kappa shape index (κ2) is 6.05. The molecule has 0 amide bonds. The molecule has 0 bridgehead atoms. The molecule has 0 aliphatic rings. The number of hydrogen-bond donors (Lipinski definition) is 1. The number of rotatable bonds is 4. The van der Waals surface area contributed by atoms with Crippen LogP contribution >= 0.6 is 15.9 Å². The van der Waals surface area contributed by atoms with Gasteiger partial charge in [0, 0.05) is 11.0 Å². The van der Waals surface area contributed by atoms with Gasteiger partial charge in [0.1, 0.15) is 12.7 Å². The van der Waals surface area contributed by atoms with E-state index in [2.05, 4.69) is 61.4 Å². The van der Waals surface area contributed by atoms with Crippen molar-refractivity contribution >= 4 is 21.6 Å². The largest absolute Gasteiger partial charge is 0.380 e. The van der Waals surface area contributed by atoms with Crippen LogP contribution in [0.4, 0.5) is 5.69 Å². The van der Waals surface area contributed by atoms with Gasteiger partial charge < -0.3 is 5.32 Å². The van der Waals surface area contributed by atoms with Crippen LogP contribution in [-0.4, -0.2) is 19.7 Å². The molecule has 0 fully saturated rings. The van der Waals surface area contributed by atoms with Crippen molar-refractivity contribution in [2.45, 2.75) is 13.5 Å². The lowest BCUT2D eigenvalue weighted by molar-refractivity contribution is 0.845. The van der Waals surface area contributed by atoms with Crippen LogP contribution in [0.5, 0.6) is 0 Å². The fraction of sp³-hybridized carbons (Fsp3) is 0.133. The molecule has 106 valence electrons. The zero-order valence-corrected chi connectivity index (χ0v) is 13.1. The van der Waals surface area contributed by atoms with Gasteiger partial charge in [0.2, 0.25) is 0 Å². The quantitative estimate of drug-likeness (QED) is 0.789. The number of hydrogen-bond acceptors (Lipinski definition) is 4. The Hall–Kier alpha value is -2.21. The second-order valence-corrected chi connectivity index (χ2v) is 5.54. The first-order valence-corrected chi connectivity index (χ1v) is 7.31. The highest BCUT2D eigenvalue weighted by Gasteiger charge is 2.00. The fourth-order valence-corrected chi connectivity index (χ4v) is 2.22. The van der Waals surface area contributed by atoms with Gasteiger partial charge in [-0.3, -0.25) is 0 Å². The summed E-state index contributed by atoms with van der Waals surface area (Å²) in [5.41, 5.74) is 3.43. The molecule has 1 N–H and O–H groups in total. The zero-order valence-electron chi connectivity index (χ0n) is 11.5. The van der Waals surface area contributed by atoms with E-state index in [1.807, 2.05) is 12.1 Å². The van der Waals surface area contributed by atoms with Crippen molar-refractivity contribution in [1.29, 1.82) is 0 Å². The molecule has 2 heterocycles. The summed E-state index contributed by atoms with van der Waals surface area (Å²) >= 11 is 3.51. The summed E-state index contributed by atoms with van der Waals surface area (Å²) in [6.45, 7) is 2.85. The number of nitrogens with one attached hydrogen (secondary N) is 1. The maximum Gasteiger partial charge on any atom is 0.155 e. The Labute approximate surface area is 131 Å². The third-order valence-electron chi connectivity index (χ3n) is 3.12. The van der Waals surface area contributed by atoms with Crippen LogP contribution in [0.3, 0.4) is 0 Å². The number of nitrogens with zero attached hydrogens (tertiary/aromatic N) is 4. The third kappa shape index (κ3) is 3.28. The van der Waals surface area contributed by atoms with E-state index in [0.29, 0.717) is 0 Å². The Morgan fingerprint density at radius 1 is 1.24 bits per heavy atom. The lowest BCUT2D eigenvalue weighted by Crippen LogP contribution is -2.02. The van der Waals surface area contributed by atoms with Crippen LogP contribution in [0.1, 0.15) is 11.1 Å². The van der Waals surface area contributed by atoms with Gasteiger partial charge in [-0.05, 0) is 36.2 Å². The van der Waals surface area contributed by atoms with Crippen LogP contribution in [0, 0.1) is 6.92 Å². The molecule has 2 aromatic heterocycles. The van der Waals surface area contributed by atoms with E-state index in [0.717, 1.165) is 22.5 Å². The molecule has 0 saturated heterocycles. The monoisotopic (exact) mass is 343 g/mol. The van der Waals surface area contributed by atoms with Gasteiger partial charge in [0.15, 0.2) is 5.82 Å². The minimum absolute atomic E-state index is 0.748. The highest BCUT2D eigenvalue weighted by Crippen LogP contribution is 2.18. The van der Waals surface area contributed by atoms with E-state index >= 15 is 0 Å². The molecule has 3 aromatic rings. The minimum atomic E-state index is 0.748. The number of halogens is 1. The molecule has 0 aliphatic carbocycles. The fourth-order valence-electron chi connectivity index (χ4n) is 1.97. The van der Waals surface area contributed by atoms with Crippen molar-refractivity contribution in [3.8, 4) is 5.82 Å². The SMILES string of the molecule is Cc1cc(CNc2ccc(-n3cncn3)nc2)ccc1Br. The highest BCUT2D eigenvalue weighted by atomic mass is 79.9. The molecule has 0 radical (unpaired) electrons. The topological polar surface area (TPSA) is 55.6 Å². The predicted molar refractivity (Wildman–Crippen MR) is 85.4 cm³/mol. The van der Waals surface area contributed by atoms with Crippen molar-refractivity contribution < 1.29 is 0 Å². The van der Waals surface area contributed by atoms with Gasteiger partial charge in [-0.15, -0.1) is 0 Å². The van der Waals surface area contributed by atoms with E-state index in [1.165, 1.54) is 17.5 Å². The summed E-state index contributed by atoms with van der Waals surface area (Å²) in [5, 5.41) is 7.40. The molecule has 3 rings (SSSR count).